The van der Waals surface area contributed by atoms with Gasteiger partial charge in [-0.25, -0.2) is 4.98 Å². The summed E-state index contributed by atoms with van der Waals surface area (Å²) < 4.78 is 0. The van der Waals surface area contributed by atoms with E-state index in [0.29, 0.717) is 4.88 Å². The zero-order chi connectivity index (χ0) is 15.0. The van der Waals surface area contributed by atoms with Gasteiger partial charge in [0, 0.05) is 10.9 Å². The Labute approximate surface area is 128 Å². The van der Waals surface area contributed by atoms with Crippen LogP contribution >= 0.6 is 22.9 Å². The van der Waals surface area contributed by atoms with Crippen molar-refractivity contribution in [3.63, 3.8) is 0 Å². The normalized spacial score (nSPS) is 13.0. The SMILES string of the molecule is O=C(Nc1nc(Cl)ccc1[N+](=O)[O-])c1cc2c(s1)CCC2. The van der Waals surface area contributed by atoms with E-state index in [-0.39, 0.29) is 16.7 Å². The molecule has 2 aromatic heterocycles. The molecule has 1 aliphatic carbocycles. The van der Waals surface area contributed by atoms with Crippen LogP contribution in [-0.4, -0.2) is 15.8 Å². The molecule has 1 amide bonds. The number of nitro groups is 1. The predicted octanol–water partition coefficient (Wildman–Crippen LogP) is 3.45. The van der Waals surface area contributed by atoms with Crippen molar-refractivity contribution >= 4 is 40.4 Å². The van der Waals surface area contributed by atoms with Crippen molar-refractivity contribution in [2.24, 2.45) is 0 Å². The fraction of sp³-hybridized carbons (Fsp3) is 0.231. The second kappa shape index (κ2) is 5.42. The summed E-state index contributed by atoms with van der Waals surface area (Å²) in [5.74, 6) is -0.529. The Morgan fingerprint density at radius 1 is 1.43 bits per heavy atom. The summed E-state index contributed by atoms with van der Waals surface area (Å²) in [4.78, 5) is 28.1. The molecule has 8 heteroatoms. The monoisotopic (exact) mass is 323 g/mol. The molecule has 21 heavy (non-hydrogen) atoms. The number of carbonyl (C=O) groups excluding carboxylic acids is 1. The molecule has 6 nitrogen and oxygen atoms in total. The van der Waals surface area contributed by atoms with Gasteiger partial charge in [0.05, 0.1) is 9.80 Å². The molecule has 0 saturated carbocycles. The zero-order valence-electron chi connectivity index (χ0n) is 10.8. The third-order valence-electron chi connectivity index (χ3n) is 3.24. The summed E-state index contributed by atoms with van der Waals surface area (Å²) in [6, 6.07) is 4.38. The van der Waals surface area contributed by atoms with Crippen LogP contribution in [0.25, 0.3) is 0 Å². The minimum atomic E-state index is -0.604. The Balaban J connectivity index is 1.87. The van der Waals surface area contributed by atoms with Gasteiger partial charge in [0.1, 0.15) is 5.15 Å². The first-order chi connectivity index (χ1) is 10.0. The van der Waals surface area contributed by atoms with Crippen molar-refractivity contribution in [3.8, 4) is 0 Å². The third kappa shape index (κ3) is 2.74. The van der Waals surface area contributed by atoms with E-state index in [0.717, 1.165) is 19.3 Å². The molecule has 3 rings (SSSR count). The molecule has 108 valence electrons. The predicted molar refractivity (Wildman–Crippen MR) is 80.2 cm³/mol. The first-order valence-corrected chi connectivity index (χ1v) is 7.48. The van der Waals surface area contributed by atoms with Crippen LogP contribution < -0.4 is 5.32 Å². The topological polar surface area (TPSA) is 85.1 Å². The maximum absolute atomic E-state index is 12.2. The summed E-state index contributed by atoms with van der Waals surface area (Å²) in [6.07, 6.45) is 3.09. The molecule has 2 aromatic rings. The lowest BCUT2D eigenvalue weighted by molar-refractivity contribution is -0.384. The minimum Gasteiger partial charge on any atom is -0.300 e. The number of nitrogens with one attached hydrogen (secondary N) is 1. The van der Waals surface area contributed by atoms with Crippen LogP contribution in [-0.2, 0) is 12.8 Å². The lowest BCUT2D eigenvalue weighted by atomic mass is 10.2. The first-order valence-electron chi connectivity index (χ1n) is 6.28. The Hall–Kier alpha value is -1.99. The number of aryl methyl sites for hydroxylation is 2. The number of pyridine rings is 1. The average Bonchev–Trinajstić information content (AvgIpc) is 2.98. The quantitative estimate of drug-likeness (QED) is 0.532. The molecule has 0 spiro atoms. The van der Waals surface area contributed by atoms with Crippen molar-refractivity contribution in [1.82, 2.24) is 4.98 Å². The van der Waals surface area contributed by atoms with Crippen molar-refractivity contribution in [1.29, 1.82) is 0 Å². The van der Waals surface area contributed by atoms with Gasteiger partial charge in [-0.05, 0) is 37.0 Å². The molecule has 0 radical (unpaired) electrons. The molecule has 2 heterocycles. The molecule has 0 atom stereocenters. The summed E-state index contributed by atoms with van der Waals surface area (Å²) in [5.41, 5.74) is 0.913. The lowest BCUT2D eigenvalue weighted by Crippen LogP contribution is -2.13. The number of thiophene rings is 1. The largest absolute Gasteiger partial charge is 0.311 e. The highest BCUT2D eigenvalue weighted by Crippen LogP contribution is 2.31. The molecule has 0 fully saturated rings. The van der Waals surface area contributed by atoms with Crippen LogP contribution in [0.1, 0.15) is 26.5 Å². The number of halogens is 1. The first kappa shape index (κ1) is 14.0. The van der Waals surface area contributed by atoms with Crippen LogP contribution in [0.5, 0.6) is 0 Å². The van der Waals surface area contributed by atoms with E-state index in [4.69, 9.17) is 11.6 Å². The fourth-order valence-corrected chi connectivity index (χ4v) is 3.57. The number of rotatable bonds is 3. The van der Waals surface area contributed by atoms with E-state index in [1.165, 1.54) is 33.9 Å². The number of hydrogen-bond acceptors (Lipinski definition) is 5. The minimum absolute atomic E-state index is 0.0876. The molecular formula is C13H10ClN3O3S. The molecule has 1 N–H and O–H groups in total. The summed E-state index contributed by atoms with van der Waals surface area (Å²) in [7, 11) is 0. The van der Waals surface area contributed by atoms with Gasteiger partial charge in [-0.3, -0.25) is 14.9 Å². The van der Waals surface area contributed by atoms with Gasteiger partial charge in [0.15, 0.2) is 0 Å². The van der Waals surface area contributed by atoms with Gasteiger partial charge in [0.2, 0.25) is 5.82 Å². The van der Waals surface area contributed by atoms with E-state index in [2.05, 4.69) is 10.3 Å². The van der Waals surface area contributed by atoms with Crippen molar-refractivity contribution in [2.45, 2.75) is 19.3 Å². The van der Waals surface area contributed by atoms with E-state index >= 15 is 0 Å². The van der Waals surface area contributed by atoms with Crippen LogP contribution in [0.15, 0.2) is 18.2 Å². The van der Waals surface area contributed by atoms with Crippen molar-refractivity contribution in [3.05, 3.63) is 48.8 Å². The fourth-order valence-electron chi connectivity index (χ4n) is 2.28. The van der Waals surface area contributed by atoms with Gasteiger partial charge >= 0.3 is 5.69 Å². The molecule has 0 bridgehead atoms. The third-order valence-corrected chi connectivity index (χ3v) is 4.69. The smallest absolute Gasteiger partial charge is 0.300 e. The van der Waals surface area contributed by atoms with Gasteiger partial charge in [-0.1, -0.05) is 11.6 Å². The Morgan fingerprint density at radius 3 is 2.95 bits per heavy atom. The van der Waals surface area contributed by atoms with E-state index in [9.17, 15) is 14.9 Å². The highest BCUT2D eigenvalue weighted by atomic mass is 35.5. The van der Waals surface area contributed by atoms with Crippen LogP contribution in [0.2, 0.25) is 5.15 Å². The maximum Gasteiger partial charge on any atom is 0.311 e. The number of fused-ring (bicyclic) bond motifs is 1. The van der Waals surface area contributed by atoms with E-state index < -0.39 is 10.8 Å². The highest BCUT2D eigenvalue weighted by Gasteiger charge is 2.22. The number of aromatic nitrogens is 1. The number of anilines is 1. The van der Waals surface area contributed by atoms with Crippen LogP contribution in [0.4, 0.5) is 11.5 Å². The van der Waals surface area contributed by atoms with Gasteiger partial charge in [-0.2, -0.15) is 0 Å². The van der Waals surface area contributed by atoms with Gasteiger partial charge < -0.3 is 5.32 Å². The zero-order valence-corrected chi connectivity index (χ0v) is 12.3. The number of carbonyl (C=O) groups is 1. The van der Waals surface area contributed by atoms with Crippen LogP contribution in [0.3, 0.4) is 0 Å². The second-order valence-corrected chi connectivity index (χ2v) is 6.15. The van der Waals surface area contributed by atoms with E-state index in [1.54, 1.807) is 0 Å². The number of amides is 1. The van der Waals surface area contributed by atoms with E-state index in [1.807, 2.05) is 6.07 Å². The molecule has 0 aromatic carbocycles. The maximum atomic E-state index is 12.2. The molecule has 0 unspecified atom stereocenters. The highest BCUT2D eigenvalue weighted by molar-refractivity contribution is 7.14. The average molecular weight is 324 g/mol. The molecule has 0 saturated heterocycles. The number of hydrogen-bond donors (Lipinski definition) is 1. The lowest BCUT2D eigenvalue weighted by Gasteiger charge is -2.04. The van der Waals surface area contributed by atoms with Gasteiger partial charge in [0.25, 0.3) is 5.91 Å². The standard InChI is InChI=1S/C13H10ClN3O3S/c14-11-5-4-8(17(19)20)12(15-11)16-13(18)10-6-7-2-1-3-9(7)21-10/h4-6H,1-3H2,(H,15,16,18). The summed E-state index contributed by atoms with van der Waals surface area (Å²) in [5, 5.41) is 13.5. The van der Waals surface area contributed by atoms with Crippen molar-refractivity contribution in [2.75, 3.05) is 5.32 Å². The Bertz CT molecular complexity index is 723. The summed E-state index contributed by atoms with van der Waals surface area (Å²) >= 11 is 7.15. The molecular weight excluding hydrogens is 314 g/mol. The second-order valence-electron chi connectivity index (χ2n) is 4.63. The molecule has 1 aliphatic rings. The van der Waals surface area contributed by atoms with Crippen molar-refractivity contribution < 1.29 is 9.72 Å². The van der Waals surface area contributed by atoms with Gasteiger partial charge in [-0.15, -0.1) is 11.3 Å². The number of nitrogens with zero attached hydrogens (tertiary/aromatic N) is 2. The Kier molecular flexibility index (Phi) is 3.60. The van der Waals surface area contributed by atoms with Crippen LogP contribution in [0, 0.1) is 10.1 Å². The Morgan fingerprint density at radius 2 is 2.24 bits per heavy atom. The molecule has 0 aliphatic heterocycles. The summed E-state index contributed by atoms with van der Waals surface area (Å²) in [6.45, 7) is 0.